The lowest BCUT2D eigenvalue weighted by atomic mass is 9.93. The van der Waals surface area contributed by atoms with Crippen LogP contribution in [0.25, 0.3) is 0 Å². The molecule has 0 saturated carbocycles. The molecule has 1 aromatic rings. The van der Waals surface area contributed by atoms with Gasteiger partial charge in [0.1, 0.15) is 17.7 Å². The maximum atomic E-state index is 12.4. The van der Waals surface area contributed by atoms with Crippen LogP contribution in [0.3, 0.4) is 0 Å². The maximum absolute atomic E-state index is 12.4. The highest BCUT2D eigenvalue weighted by molar-refractivity contribution is 6.32. The fourth-order valence-corrected chi connectivity index (χ4v) is 3.04. The van der Waals surface area contributed by atoms with Crippen LogP contribution in [0.5, 0.6) is 0 Å². The van der Waals surface area contributed by atoms with Crippen molar-refractivity contribution in [3.63, 3.8) is 0 Å². The van der Waals surface area contributed by atoms with Gasteiger partial charge >= 0.3 is 12.1 Å². The number of carbonyl (C=O) groups is 3. The minimum absolute atomic E-state index is 0.221. The Morgan fingerprint density at radius 3 is 2.52 bits per heavy atom. The smallest absolute Gasteiger partial charge is 0.408 e. The monoisotopic (exact) mass is 392 g/mol. The van der Waals surface area contributed by atoms with Crippen LogP contribution in [0.1, 0.15) is 43.5 Å². The topological polar surface area (TPSA) is 112 Å². The molecule has 0 aliphatic carbocycles. The zero-order valence-corrected chi connectivity index (χ0v) is 16.5. The second kappa shape index (κ2) is 7.45. The predicted molar refractivity (Wildman–Crippen MR) is 98.1 cm³/mol. The number of alkyl carbamates (subject to hydrolysis) is 1. The summed E-state index contributed by atoms with van der Waals surface area (Å²) in [5.41, 5.74) is 0.559. The zero-order chi connectivity index (χ0) is 20.5. The molecule has 4 amide bonds. The number of benzene rings is 1. The summed E-state index contributed by atoms with van der Waals surface area (Å²) in [4.78, 5) is 37.8. The van der Waals surface area contributed by atoms with Crippen molar-refractivity contribution in [1.82, 2.24) is 15.5 Å². The molecule has 0 bridgehead atoms. The molecular formula is C18H21ClN4O4. The van der Waals surface area contributed by atoms with Gasteiger partial charge in [0.2, 0.25) is 0 Å². The molecule has 8 nitrogen and oxygen atoms in total. The van der Waals surface area contributed by atoms with Crippen molar-refractivity contribution in [2.75, 3.05) is 7.05 Å². The van der Waals surface area contributed by atoms with Crippen molar-refractivity contribution < 1.29 is 19.1 Å². The molecule has 2 unspecified atom stereocenters. The summed E-state index contributed by atoms with van der Waals surface area (Å²) in [5.74, 6) is -0.552. The number of amides is 4. The molecule has 2 atom stereocenters. The van der Waals surface area contributed by atoms with Crippen molar-refractivity contribution in [3.05, 3.63) is 33.8 Å². The van der Waals surface area contributed by atoms with Crippen LogP contribution < -0.4 is 10.6 Å². The summed E-state index contributed by atoms with van der Waals surface area (Å²) >= 11 is 6.25. The average Bonchev–Trinajstić information content (AvgIpc) is 2.79. The van der Waals surface area contributed by atoms with Crippen LogP contribution in [-0.2, 0) is 9.53 Å². The first-order chi connectivity index (χ1) is 12.5. The molecule has 0 radical (unpaired) electrons. The number of urea groups is 1. The van der Waals surface area contributed by atoms with E-state index in [1.165, 1.54) is 18.0 Å². The minimum Gasteiger partial charge on any atom is -0.444 e. The summed E-state index contributed by atoms with van der Waals surface area (Å²) in [6.45, 7) is 6.81. The molecule has 1 heterocycles. The van der Waals surface area contributed by atoms with Crippen molar-refractivity contribution in [2.45, 2.75) is 45.4 Å². The lowest BCUT2D eigenvalue weighted by molar-refractivity contribution is -0.122. The third-order valence-corrected chi connectivity index (χ3v) is 4.60. The Labute approximate surface area is 162 Å². The third kappa shape index (κ3) is 4.31. The number of carbonyl (C=O) groups excluding carboxylic acids is 3. The fourth-order valence-electron chi connectivity index (χ4n) is 2.83. The van der Waals surface area contributed by atoms with Crippen LogP contribution >= 0.6 is 11.6 Å². The SMILES string of the molecule is Cc1c(C(NC(=O)OC(C)(C)C)C2C(=O)NC(=O)N2C)ccc(C#N)c1Cl. The predicted octanol–water partition coefficient (Wildman–Crippen LogP) is 2.64. The summed E-state index contributed by atoms with van der Waals surface area (Å²) in [6.07, 6.45) is -0.743. The summed E-state index contributed by atoms with van der Waals surface area (Å²) < 4.78 is 5.29. The molecule has 1 aliphatic heterocycles. The van der Waals surface area contributed by atoms with Crippen molar-refractivity contribution in [2.24, 2.45) is 0 Å². The van der Waals surface area contributed by atoms with Crippen LogP contribution in [-0.4, -0.2) is 41.6 Å². The van der Waals surface area contributed by atoms with E-state index in [9.17, 15) is 14.4 Å². The van der Waals surface area contributed by atoms with Gasteiger partial charge < -0.3 is 15.0 Å². The standard InChI is InChI=1S/C18H21ClN4O4/c1-9-11(7-6-10(8-20)12(9)19)13(21-17(26)27-18(2,3)4)14-15(24)22-16(25)23(14)5/h6-7,13-14H,1-5H3,(H,21,26)(H,22,24,25). The van der Waals surface area contributed by atoms with Gasteiger partial charge in [-0.15, -0.1) is 0 Å². The van der Waals surface area contributed by atoms with Crippen LogP contribution in [0.4, 0.5) is 9.59 Å². The Balaban J connectivity index is 2.50. The van der Waals surface area contributed by atoms with Crippen LogP contribution in [0.15, 0.2) is 12.1 Å². The number of nitrogens with zero attached hydrogens (tertiary/aromatic N) is 2. The Morgan fingerprint density at radius 2 is 2.04 bits per heavy atom. The number of likely N-dealkylation sites (N-methyl/N-ethyl adjacent to an activating group) is 1. The highest BCUT2D eigenvalue weighted by atomic mass is 35.5. The Hall–Kier alpha value is -2.79. The van der Waals surface area contributed by atoms with E-state index < -0.39 is 35.7 Å². The van der Waals surface area contributed by atoms with Gasteiger partial charge in [-0.1, -0.05) is 17.7 Å². The van der Waals surface area contributed by atoms with Gasteiger partial charge in [0, 0.05) is 7.05 Å². The molecule has 1 saturated heterocycles. The first-order valence-electron chi connectivity index (χ1n) is 8.22. The van der Waals surface area contributed by atoms with Crippen molar-refractivity contribution >= 4 is 29.6 Å². The van der Waals surface area contributed by atoms with Crippen LogP contribution in [0, 0.1) is 18.3 Å². The van der Waals surface area contributed by atoms with Crippen LogP contribution in [0.2, 0.25) is 5.02 Å². The molecule has 2 rings (SSSR count). The molecule has 0 spiro atoms. The van der Waals surface area contributed by atoms with Gasteiger partial charge in [-0.05, 0) is 44.9 Å². The van der Waals surface area contributed by atoms with E-state index in [0.29, 0.717) is 11.1 Å². The number of imide groups is 1. The molecule has 0 aromatic heterocycles. The minimum atomic E-state index is -0.993. The number of hydrogen-bond acceptors (Lipinski definition) is 5. The van der Waals surface area contributed by atoms with Gasteiger partial charge in [-0.2, -0.15) is 5.26 Å². The highest BCUT2D eigenvalue weighted by Crippen LogP contribution is 2.32. The molecule has 144 valence electrons. The number of ether oxygens (including phenoxy) is 1. The zero-order valence-electron chi connectivity index (χ0n) is 15.7. The molecular weight excluding hydrogens is 372 g/mol. The Kier molecular flexibility index (Phi) is 5.66. The molecule has 2 N–H and O–H groups in total. The number of halogens is 1. The third-order valence-electron chi connectivity index (χ3n) is 4.11. The second-order valence-corrected chi connectivity index (χ2v) is 7.61. The fraction of sp³-hybridized carbons (Fsp3) is 0.444. The van der Waals surface area contributed by atoms with E-state index in [0.717, 1.165) is 0 Å². The normalized spacial score (nSPS) is 18.0. The summed E-state index contributed by atoms with van der Waals surface area (Å²) in [6, 6.07) is 2.61. The molecule has 1 aliphatic rings. The van der Waals surface area contributed by atoms with E-state index >= 15 is 0 Å². The average molecular weight is 393 g/mol. The van der Waals surface area contributed by atoms with Crippen molar-refractivity contribution in [1.29, 1.82) is 5.26 Å². The number of hydrogen-bond donors (Lipinski definition) is 2. The highest BCUT2D eigenvalue weighted by Gasteiger charge is 2.43. The summed E-state index contributed by atoms with van der Waals surface area (Å²) in [7, 11) is 1.45. The first kappa shape index (κ1) is 20.5. The lowest BCUT2D eigenvalue weighted by Gasteiger charge is -2.30. The molecule has 1 aromatic carbocycles. The van der Waals surface area contributed by atoms with Gasteiger partial charge in [0.25, 0.3) is 5.91 Å². The Morgan fingerprint density at radius 1 is 1.41 bits per heavy atom. The van der Waals surface area contributed by atoms with Gasteiger partial charge in [0.15, 0.2) is 0 Å². The van der Waals surface area contributed by atoms with E-state index in [2.05, 4.69) is 10.6 Å². The van der Waals surface area contributed by atoms with E-state index in [4.69, 9.17) is 21.6 Å². The first-order valence-corrected chi connectivity index (χ1v) is 8.60. The quantitative estimate of drug-likeness (QED) is 0.768. The van der Waals surface area contributed by atoms with Crippen molar-refractivity contribution in [3.8, 4) is 6.07 Å². The van der Waals surface area contributed by atoms with E-state index in [1.807, 2.05) is 6.07 Å². The number of nitriles is 1. The summed E-state index contributed by atoms with van der Waals surface area (Å²) in [5, 5.41) is 14.2. The van der Waals surface area contributed by atoms with Gasteiger partial charge in [-0.25, -0.2) is 9.59 Å². The number of rotatable bonds is 3. The largest absolute Gasteiger partial charge is 0.444 e. The van der Waals surface area contributed by atoms with Gasteiger partial charge in [0.05, 0.1) is 16.6 Å². The van der Waals surface area contributed by atoms with Gasteiger partial charge in [-0.3, -0.25) is 10.1 Å². The van der Waals surface area contributed by atoms with E-state index in [1.54, 1.807) is 33.8 Å². The molecule has 9 heteroatoms. The number of nitrogens with one attached hydrogen (secondary N) is 2. The second-order valence-electron chi connectivity index (χ2n) is 7.23. The Bertz CT molecular complexity index is 841. The lowest BCUT2D eigenvalue weighted by Crippen LogP contribution is -2.47. The molecule has 27 heavy (non-hydrogen) atoms. The molecule has 1 fully saturated rings. The maximum Gasteiger partial charge on any atom is 0.408 e. The van der Waals surface area contributed by atoms with E-state index in [-0.39, 0.29) is 10.6 Å².